The van der Waals surface area contributed by atoms with Crippen molar-refractivity contribution in [3.8, 4) is 0 Å². The molecule has 0 N–H and O–H groups in total. The maximum absolute atomic E-state index is 14.6. The number of Topliss-reactive ketones (excluding diaryl/α,β-unsaturated/α-hetero) is 2. The van der Waals surface area contributed by atoms with E-state index in [2.05, 4.69) is 4.98 Å². The lowest BCUT2D eigenvalue weighted by Crippen LogP contribution is -2.63. The van der Waals surface area contributed by atoms with Crippen LogP contribution in [-0.4, -0.2) is 126 Å². The fourth-order valence-electron chi connectivity index (χ4n) is 8.65. The Balaban J connectivity index is 1.71. The van der Waals surface area contributed by atoms with Crippen molar-refractivity contribution in [2.75, 3.05) is 33.5 Å². The summed E-state index contributed by atoms with van der Waals surface area (Å²) >= 11 is 1.56. The molecule has 0 bridgehead atoms. The molecule has 3 aliphatic rings. The minimum absolute atomic E-state index is 0.115. The molecule has 3 aliphatic heterocycles. The largest absolute Gasteiger partial charge is 0.847 e. The van der Waals surface area contributed by atoms with Gasteiger partial charge in [-0.15, -0.1) is 0 Å². The number of fused-ring (bicyclic) bond motifs is 1. The van der Waals surface area contributed by atoms with Crippen molar-refractivity contribution < 1.29 is 52.5 Å². The Bertz CT molecular complexity index is 1500. The fourth-order valence-corrected chi connectivity index (χ4v) is 9.51. The number of carbonyl (C=O) groups is 4. The van der Waals surface area contributed by atoms with E-state index in [1.54, 1.807) is 57.5 Å². The van der Waals surface area contributed by atoms with Crippen LogP contribution in [-0.2, 0) is 45.1 Å². The standard InChI is InChI=1S/C39H62N4O10S/c1-13-28-39(8)32(43(37(48)53-39)18-15-19-54-36-40-16-14-17-42(36)11)24(4)29(44)22(2)21-38(7,49-12)33(25(5)30(45)26(6)34(47)51-28)52-35-31(46)27(41(9)10)20-23(3)50-35/h14,16-17,22-28,31-33,35H,13,15,18-21H2,1-12H3/t22-,23-,24+,25+,26-,27+,28-,31-,32?,33-,35+,38+,39-/m1/s1. The number of amides is 1. The van der Waals surface area contributed by atoms with E-state index in [9.17, 15) is 24.3 Å². The van der Waals surface area contributed by atoms with Gasteiger partial charge >= 0.3 is 17.2 Å². The molecule has 0 saturated carbocycles. The number of nitrogens with zero attached hydrogens (tertiary/aromatic N) is 4. The highest BCUT2D eigenvalue weighted by Crippen LogP contribution is 2.43. The zero-order valence-electron chi connectivity index (χ0n) is 34.1. The average molecular weight is 779 g/mol. The van der Waals surface area contributed by atoms with Gasteiger partial charge in [0.15, 0.2) is 11.4 Å². The lowest BCUT2D eigenvalue weighted by atomic mass is 9.73. The topological polar surface area (TPSA) is 161 Å². The van der Waals surface area contributed by atoms with Crippen molar-refractivity contribution in [3.05, 3.63) is 18.5 Å². The van der Waals surface area contributed by atoms with E-state index >= 15 is 0 Å². The molecule has 15 heteroatoms. The summed E-state index contributed by atoms with van der Waals surface area (Å²) in [5.41, 5.74) is -2.68. The molecular weight excluding hydrogens is 717 g/mol. The lowest BCUT2D eigenvalue weighted by molar-refractivity contribution is -0.713. The Morgan fingerprint density at radius 3 is 2.39 bits per heavy atom. The van der Waals surface area contributed by atoms with Gasteiger partial charge < -0.3 is 38.6 Å². The number of hydrogen-bond donors (Lipinski definition) is 0. The fraction of sp³-hybridized carbons (Fsp3) is 0.795. The third-order valence-electron chi connectivity index (χ3n) is 11.8. The molecule has 0 aromatic carbocycles. The van der Waals surface area contributed by atoms with Gasteiger partial charge in [0, 0.05) is 49.3 Å². The van der Waals surface area contributed by atoms with E-state index in [1.165, 1.54) is 14.0 Å². The number of rotatable bonds is 10. The SMILES string of the molecule is CC[C@H]1OC(=O)[C@H](C)C(=O)[C@H](C)[C@@H](O[C@@H]2O[C@H](C)C[C@H](N(C)C)[C@H]2[O-])[C@@](C)(OC)C[C@@H](C)C(=O)[C@H](C)C2N(CCCSc3nccc[n+]3C)C(=O)O[C@@]21C. The van der Waals surface area contributed by atoms with Crippen LogP contribution in [0.15, 0.2) is 23.6 Å². The first-order chi connectivity index (χ1) is 25.3. The van der Waals surface area contributed by atoms with Crippen molar-refractivity contribution in [1.82, 2.24) is 14.8 Å². The van der Waals surface area contributed by atoms with Gasteiger partial charge in [0.2, 0.25) is 0 Å². The molecule has 3 fully saturated rings. The molecule has 14 nitrogen and oxygen atoms in total. The van der Waals surface area contributed by atoms with Crippen LogP contribution in [0.4, 0.5) is 4.79 Å². The molecule has 3 saturated heterocycles. The number of esters is 1. The summed E-state index contributed by atoms with van der Waals surface area (Å²) in [5.74, 6) is -4.37. The molecule has 4 rings (SSSR count). The number of ketones is 2. The molecule has 0 spiro atoms. The molecule has 304 valence electrons. The first-order valence-electron chi connectivity index (χ1n) is 19.2. The van der Waals surface area contributed by atoms with Crippen molar-refractivity contribution in [3.63, 3.8) is 0 Å². The Morgan fingerprint density at radius 2 is 1.78 bits per heavy atom. The average Bonchev–Trinajstić information content (AvgIpc) is 3.39. The minimum atomic E-state index is -1.40. The van der Waals surface area contributed by atoms with Gasteiger partial charge in [0.25, 0.3) is 0 Å². The number of cyclic esters (lactones) is 1. The summed E-state index contributed by atoms with van der Waals surface area (Å²) in [5, 5.41) is 14.6. The number of methoxy groups -OCH3 is 1. The number of aromatic nitrogens is 2. The van der Waals surface area contributed by atoms with Gasteiger partial charge in [0.05, 0.1) is 37.1 Å². The van der Waals surface area contributed by atoms with E-state index in [-0.39, 0.29) is 30.8 Å². The predicted octanol–water partition coefficient (Wildman–Crippen LogP) is 2.96. The number of likely N-dealkylation sites (N-methyl/N-ethyl adjacent to an activating group) is 1. The number of hydrogen-bond acceptors (Lipinski definition) is 13. The van der Waals surface area contributed by atoms with Gasteiger partial charge in [-0.2, -0.15) is 0 Å². The first-order valence-corrected chi connectivity index (χ1v) is 20.2. The van der Waals surface area contributed by atoms with E-state index in [0.29, 0.717) is 25.1 Å². The third kappa shape index (κ3) is 9.12. The summed E-state index contributed by atoms with van der Waals surface area (Å²) in [6.45, 7) is 14.2. The Labute approximate surface area is 324 Å². The molecular formula is C39H62N4O10S. The molecule has 1 amide bonds. The van der Waals surface area contributed by atoms with Gasteiger partial charge in [-0.1, -0.05) is 33.8 Å². The van der Waals surface area contributed by atoms with E-state index < -0.39 is 83.4 Å². The Kier molecular flexibility index (Phi) is 14.7. The highest BCUT2D eigenvalue weighted by Gasteiger charge is 2.60. The zero-order valence-corrected chi connectivity index (χ0v) is 34.9. The summed E-state index contributed by atoms with van der Waals surface area (Å²) in [6, 6.07) is 0.676. The summed E-state index contributed by atoms with van der Waals surface area (Å²) in [6.07, 6.45) is -0.330. The van der Waals surface area contributed by atoms with Crippen LogP contribution in [0.5, 0.6) is 0 Å². The number of thioether (sulfide) groups is 1. The second-order valence-electron chi connectivity index (χ2n) is 16.1. The maximum atomic E-state index is 14.6. The van der Waals surface area contributed by atoms with Crippen LogP contribution >= 0.6 is 11.8 Å². The normalized spacial score (nSPS) is 38.6. The van der Waals surface area contributed by atoms with Crippen LogP contribution in [0, 0.1) is 23.7 Å². The highest BCUT2D eigenvalue weighted by atomic mass is 32.2. The monoisotopic (exact) mass is 778 g/mol. The first kappa shape index (κ1) is 44.0. The smallest absolute Gasteiger partial charge is 0.410 e. The summed E-state index contributed by atoms with van der Waals surface area (Å²) in [7, 11) is 7.06. The predicted molar refractivity (Wildman–Crippen MR) is 198 cm³/mol. The second kappa shape index (κ2) is 18.1. The molecule has 0 aliphatic carbocycles. The van der Waals surface area contributed by atoms with Gasteiger partial charge in [-0.25, -0.2) is 9.36 Å². The molecule has 1 aromatic rings. The molecule has 1 unspecified atom stereocenters. The van der Waals surface area contributed by atoms with Gasteiger partial charge in [-0.05, 0) is 84.2 Å². The molecule has 4 heterocycles. The zero-order chi connectivity index (χ0) is 40.3. The van der Waals surface area contributed by atoms with E-state index in [1.807, 2.05) is 56.7 Å². The summed E-state index contributed by atoms with van der Waals surface area (Å²) < 4.78 is 32.9. The molecule has 0 radical (unpaired) electrons. The van der Waals surface area contributed by atoms with Gasteiger partial charge in [0.1, 0.15) is 30.3 Å². The number of aryl methyl sites for hydroxylation is 1. The minimum Gasteiger partial charge on any atom is -0.847 e. The Hall–Kier alpha value is -2.69. The van der Waals surface area contributed by atoms with Gasteiger partial charge in [-0.3, -0.25) is 14.4 Å². The molecule has 1 aromatic heterocycles. The van der Waals surface area contributed by atoms with Crippen molar-refractivity contribution in [1.29, 1.82) is 0 Å². The molecule has 13 atom stereocenters. The maximum Gasteiger partial charge on any atom is 0.410 e. The van der Waals surface area contributed by atoms with Crippen LogP contribution in [0.2, 0.25) is 0 Å². The van der Waals surface area contributed by atoms with Crippen LogP contribution in [0.1, 0.15) is 81.1 Å². The molecule has 54 heavy (non-hydrogen) atoms. The lowest BCUT2D eigenvalue weighted by Gasteiger charge is -2.50. The highest BCUT2D eigenvalue weighted by molar-refractivity contribution is 7.99. The van der Waals surface area contributed by atoms with E-state index in [4.69, 9.17) is 23.7 Å². The quantitative estimate of drug-likeness (QED) is 0.0853. The van der Waals surface area contributed by atoms with E-state index in [0.717, 1.165) is 5.16 Å². The number of ether oxygens (including phenoxy) is 5. The second-order valence-corrected chi connectivity index (χ2v) is 17.1. The van der Waals surface area contributed by atoms with Crippen molar-refractivity contribution in [2.45, 2.75) is 140 Å². The summed E-state index contributed by atoms with van der Waals surface area (Å²) in [4.78, 5) is 64.3. The van der Waals surface area contributed by atoms with Crippen LogP contribution < -0.4 is 9.67 Å². The van der Waals surface area contributed by atoms with Crippen molar-refractivity contribution in [2.24, 2.45) is 30.7 Å². The number of carbonyl (C=O) groups excluding carboxylic acids is 4. The van der Waals surface area contributed by atoms with Crippen LogP contribution in [0.25, 0.3) is 0 Å². The Morgan fingerprint density at radius 1 is 1.09 bits per heavy atom. The van der Waals surface area contributed by atoms with Crippen molar-refractivity contribution >= 4 is 35.4 Å². The van der Waals surface area contributed by atoms with Crippen LogP contribution in [0.3, 0.4) is 0 Å². The third-order valence-corrected chi connectivity index (χ3v) is 12.9.